The summed E-state index contributed by atoms with van der Waals surface area (Å²) in [5.41, 5.74) is 2.89. The Morgan fingerprint density at radius 1 is 1.12 bits per heavy atom. The highest BCUT2D eigenvalue weighted by molar-refractivity contribution is 6.31. The molecule has 1 aromatic heterocycles. The van der Waals surface area contributed by atoms with E-state index in [1.54, 1.807) is 19.1 Å². The van der Waals surface area contributed by atoms with Gasteiger partial charge in [-0.1, -0.05) is 50.9 Å². The molecule has 0 bridgehead atoms. The Labute approximate surface area is 237 Å². The first kappa shape index (κ1) is 32.8. The number of unbranched alkanes of at least 4 members (excludes halogenated alkanes) is 1. The Hall–Kier alpha value is -3.44. The third kappa shape index (κ3) is 8.53. The van der Waals surface area contributed by atoms with Gasteiger partial charge >= 0.3 is 6.18 Å². The number of hydrogen-bond acceptors (Lipinski definition) is 2. The second-order valence-corrected chi connectivity index (χ2v) is 9.79. The zero-order valence-electron chi connectivity index (χ0n) is 23.2. The molecule has 0 fully saturated rings. The van der Waals surface area contributed by atoms with Gasteiger partial charge in [-0.05, 0) is 74.6 Å². The number of fused-ring (bicyclic) bond motifs is 1. The number of alkyl halides is 3. The molecule has 3 aromatic rings. The van der Waals surface area contributed by atoms with Crippen LogP contribution in [-0.4, -0.2) is 17.4 Å². The van der Waals surface area contributed by atoms with Crippen molar-refractivity contribution in [2.45, 2.75) is 72.4 Å². The van der Waals surface area contributed by atoms with E-state index in [-0.39, 0.29) is 17.0 Å². The molecule has 2 aromatic carbocycles. The first-order valence-electron chi connectivity index (χ1n) is 13.0. The first-order valence-corrected chi connectivity index (χ1v) is 13.4. The molecule has 1 atom stereocenters. The number of benzene rings is 2. The van der Waals surface area contributed by atoms with Crippen molar-refractivity contribution >= 4 is 28.7 Å². The Bertz CT molecular complexity index is 1440. The molecule has 40 heavy (non-hydrogen) atoms. The van der Waals surface area contributed by atoms with E-state index in [0.29, 0.717) is 5.02 Å². The van der Waals surface area contributed by atoms with Crippen molar-refractivity contribution < 1.29 is 22.0 Å². The van der Waals surface area contributed by atoms with Crippen molar-refractivity contribution in [2.75, 3.05) is 0 Å². The van der Waals surface area contributed by atoms with Crippen molar-refractivity contribution in [2.24, 2.45) is 4.99 Å². The fourth-order valence-corrected chi connectivity index (χ4v) is 4.26. The number of nitrogens with zero attached hydrogens (tertiary/aromatic N) is 2. The maximum Gasteiger partial charge on any atom is 0.412 e. The van der Waals surface area contributed by atoms with Crippen LogP contribution in [0.15, 0.2) is 58.7 Å². The summed E-state index contributed by atoms with van der Waals surface area (Å²) in [5.74, 6) is -2.43. The fourth-order valence-electron chi connectivity index (χ4n) is 4.08. The molecule has 0 spiro atoms. The van der Waals surface area contributed by atoms with E-state index in [9.17, 15) is 22.0 Å². The van der Waals surface area contributed by atoms with Crippen LogP contribution < -0.4 is 0 Å². The number of aryl methyl sites for hydroxylation is 1. The number of nitriles is 1. The lowest BCUT2D eigenvalue weighted by Gasteiger charge is -2.15. The second-order valence-electron chi connectivity index (χ2n) is 9.35. The van der Waals surface area contributed by atoms with E-state index >= 15 is 0 Å². The largest absolute Gasteiger partial charge is 0.412 e. The number of aliphatic imine (C=N–C) groups is 1. The molecule has 0 aliphatic rings. The highest BCUT2D eigenvalue weighted by atomic mass is 35.5. The summed E-state index contributed by atoms with van der Waals surface area (Å²) < 4.78 is 64.5. The molecule has 0 aliphatic carbocycles. The smallest absolute Gasteiger partial charge is 0.358 e. The summed E-state index contributed by atoms with van der Waals surface area (Å²) in [5, 5.41) is 10.5. The summed E-state index contributed by atoms with van der Waals surface area (Å²) in [6, 6.07) is 10.1. The molecule has 214 valence electrons. The summed E-state index contributed by atoms with van der Waals surface area (Å²) in [6.45, 7) is 8.66. The van der Waals surface area contributed by atoms with Crippen LogP contribution in [0.2, 0.25) is 5.02 Å². The Morgan fingerprint density at radius 2 is 1.82 bits per heavy atom. The highest BCUT2D eigenvalue weighted by Crippen LogP contribution is 2.35. The summed E-state index contributed by atoms with van der Waals surface area (Å²) in [4.78, 5) is 7.19. The lowest BCUT2D eigenvalue weighted by Crippen LogP contribution is -2.08. The minimum atomic E-state index is -4.26. The normalized spacial score (nSPS) is 13.3. The number of halogens is 6. The number of nitrogens with one attached hydrogen (secondary N) is 1. The molecule has 3 rings (SSSR count). The Morgan fingerprint density at radius 3 is 2.42 bits per heavy atom. The predicted octanol–water partition coefficient (Wildman–Crippen LogP) is 10.3. The van der Waals surface area contributed by atoms with E-state index in [4.69, 9.17) is 16.9 Å². The number of rotatable bonds is 8. The van der Waals surface area contributed by atoms with Crippen molar-refractivity contribution in [1.29, 1.82) is 5.26 Å². The molecule has 9 heteroatoms. The standard InChI is InChI=1S/C21H19ClF2N2.C10H14F3N/c1-3-4-5-16-17-10-14(22)7-9-18(17)26-21(16)12(2)15-8-6-13(11-25)19(23)20(15)24;1-4-5-9(3)14-7-6-8(2)10(11,12)13/h6-10,12,26H,3-5H2,1-2H3;5-7H,4H2,1-3H3/b;8-6+,9-5+,14-7+. The van der Waals surface area contributed by atoms with Gasteiger partial charge in [-0.15, -0.1) is 0 Å². The number of H-pyrrole nitrogens is 1. The zero-order chi connectivity index (χ0) is 30.0. The van der Waals surface area contributed by atoms with E-state index in [1.807, 2.05) is 32.1 Å². The molecule has 1 unspecified atom stereocenters. The van der Waals surface area contributed by atoms with Crippen molar-refractivity contribution in [3.05, 3.63) is 92.8 Å². The maximum atomic E-state index is 14.5. The third-order valence-corrected chi connectivity index (χ3v) is 6.60. The van der Waals surface area contributed by atoms with Gasteiger partial charge in [0.25, 0.3) is 0 Å². The van der Waals surface area contributed by atoms with E-state index in [2.05, 4.69) is 16.9 Å². The summed E-state index contributed by atoms with van der Waals surface area (Å²) >= 11 is 6.16. The number of aromatic nitrogens is 1. The minimum absolute atomic E-state index is 0.233. The van der Waals surface area contributed by atoms with Gasteiger partial charge in [0.15, 0.2) is 11.6 Å². The first-order chi connectivity index (χ1) is 18.8. The molecular formula is C31H33ClF5N3. The monoisotopic (exact) mass is 577 g/mol. The van der Waals surface area contributed by atoms with Crippen LogP contribution in [0.25, 0.3) is 10.9 Å². The van der Waals surface area contributed by atoms with Crippen LogP contribution in [0.1, 0.15) is 82.2 Å². The summed E-state index contributed by atoms with van der Waals surface area (Å²) in [6.07, 6.45) is 3.39. The molecule has 1 N–H and O–H groups in total. The number of allylic oxidation sites excluding steroid dienone is 4. The maximum absolute atomic E-state index is 14.5. The molecule has 0 aliphatic heterocycles. The lowest BCUT2D eigenvalue weighted by atomic mass is 9.91. The second kappa shape index (κ2) is 14.8. The van der Waals surface area contributed by atoms with E-state index < -0.39 is 23.4 Å². The van der Waals surface area contributed by atoms with Crippen molar-refractivity contribution in [1.82, 2.24) is 4.98 Å². The number of hydrogen-bond donors (Lipinski definition) is 1. The topological polar surface area (TPSA) is 51.9 Å². The Balaban J connectivity index is 0.000000342. The molecular weight excluding hydrogens is 545 g/mol. The zero-order valence-corrected chi connectivity index (χ0v) is 23.9. The van der Waals surface area contributed by atoms with Gasteiger partial charge in [0.1, 0.15) is 6.07 Å². The van der Waals surface area contributed by atoms with Gasteiger partial charge in [0.05, 0.1) is 5.56 Å². The third-order valence-electron chi connectivity index (χ3n) is 6.36. The molecule has 3 nitrogen and oxygen atoms in total. The molecule has 0 radical (unpaired) electrons. The SMILES string of the molecule is CC/C=C(C)/N=C/C=C(\C)C(F)(F)F.CCCCc1c(C(C)c2ccc(C#N)c(F)c2F)[nH]c2ccc(Cl)cc12. The van der Waals surface area contributed by atoms with Crippen LogP contribution in [0.4, 0.5) is 22.0 Å². The van der Waals surface area contributed by atoms with Gasteiger partial charge in [-0.25, -0.2) is 8.78 Å². The van der Waals surface area contributed by atoms with Crippen LogP contribution in [-0.2, 0) is 6.42 Å². The minimum Gasteiger partial charge on any atom is -0.358 e. The van der Waals surface area contributed by atoms with Gasteiger partial charge in [-0.3, -0.25) is 4.99 Å². The van der Waals surface area contributed by atoms with Crippen molar-refractivity contribution in [3.63, 3.8) is 0 Å². The predicted molar refractivity (Wildman–Crippen MR) is 153 cm³/mol. The van der Waals surface area contributed by atoms with Crippen LogP contribution in [0, 0.1) is 23.0 Å². The molecule has 0 saturated heterocycles. The van der Waals surface area contributed by atoms with Crippen molar-refractivity contribution in [3.8, 4) is 6.07 Å². The van der Waals surface area contributed by atoms with Gasteiger partial charge in [-0.2, -0.15) is 18.4 Å². The van der Waals surface area contributed by atoms with E-state index in [0.717, 1.165) is 66.5 Å². The summed E-state index contributed by atoms with van der Waals surface area (Å²) in [7, 11) is 0. The van der Waals surface area contributed by atoms with Crippen LogP contribution >= 0.6 is 11.6 Å². The molecule has 0 saturated carbocycles. The molecule has 0 amide bonds. The van der Waals surface area contributed by atoms with Gasteiger partial charge in [0, 0.05) is 45.0 Å². The van der Waals surface area contributed by atoms with Gasteiger partial charge in [0.2, 0.25) is 0 Å². The van der Waals surface area contributed by atoms with Gasteiger partial charge < -0.3 is 4.98 Å². The average Bonchev–Trinajstić information content (AvgIpc) is 3.26. The van der Waals surface area contributed by atoms with E-state index in [1.165, 1.54) is 18.3 Å². The Kier molecular flexibility index (Phi) is 12.1. The number of aromatic amines is 1. The average molecular weight is 578 g/mol. The lowest BCUT2D eigenvalue weighted by molar-refractivity contribution is -0.0911. The highest BCUT2D eigenvalue weighted by Gasteiger charge is 2.29. The van der Waals surface area contributed by atoms with Crippen LogP contribution in [0.3, 0.4) is 0 Å². The quantitative estimate of drug-likeness (QED) is 0.210. The molecule has 1 heterocycles. The fraction of sp³-hybridized carbons (Fsp3) is 0.355. The van der Waals surface area contributed by atoms with Crippen LogP contribution in [0.5, 0.6) is 0 Å².